The maximum Gasteiger partial charge on any atom is 0.248 e. The van der Waals surface area contributed by atoms with E-state index in [0.29, 0.717) is 0 Å². The highest BCUT2D eigenvalue weighted by molar-refractivity contribution is 5.96. The number of carbonyl (C=O) groups is 2. The van der Waals surface area contributed by atoms with Gasteiger partial charge in [-0.15, -0.1) is 0 Å². The van der Waals surface area contributed by atoms with Gasteiger partial charge in [0.1, 0.15) is 6.04 Å². The maximum atomic E-state index is 11.5. The largest absolute Gasteiger partial charge is 0.374 e. The minimum atomic E-state index is -0.467. The molecule has 0 aliphatic carbocycles. The Morgan fingerprint density at radius 3 is 2.53 bits per heavy atom. The van der Waals surface area contributed by atoms with E-state index in [9.17, 15) is 9.59 Å². The fourth-order valence-electron chi connectivity index (χ4n) is 1.16. The second-order valence-electron chi connectivity index (χ2n) is 3.57. The molecular formula is C13H20N2O2. The number of hydrogen-bond donors (Lipinski definition) is 2. The van der Waals surface area contributed by atoms with Gasteiger partial charge in [-0.1, -0.05) is 31.7 Å². The van der Waals surface area contributed by atoms with Gasteiger partial charge in [0.2, 0.25) is 11.8 Å². The highest BCUT2D eigenvalue weighted by Crippen LogP contribution is 1.98. The van der Waals surface area contributed by atoms with E-state index in [0.717, 1.165) is 12.1 Å². The van der Waals surface area contributed by atoms with Gasteiger partial charge in [0.05, 0.1) is 0 Å². The molecule has 2 N–H and O–H groups in total. The monoisotopic (exact) mass is 236 g/mol. The Balaban J connectivity index is 4.50. The summed E-state index contributed by atoms with van der Waals surface area (Å²) < 4.78 is 0. The van der Waals surface area contributed by atoms with Gasteiger partial charge in [-0.25, -0.2) is 0 Å². The van der Waals surface area contributed by atoms with Crippen LogP contribution >= 0.6 is 0 Å². The van der Waals surface area contributed by atoms with Crippen LogP contribution in [0.3, 0.4) is 0 Å². The van der Waals surface area contributed by atoms with Crippen LogP contribution in [-0.4, -0.2) is 17.9 Å². The lowest BCUT2D eigenvalue weighted by Gasteiger charge is -2.14. The van der Waals surface area contributed by atoms with Crippen molar-refractivity contribution in [2.45, 2.75) is 33.2 Å². The molecule has 1 unspecified atom stereocenters. The summed E-state index contributed by atoms with van der Waals surface area (Å²) in [5, 5.41) is 5.25. The number of nitrogens with one attached hydrogen (secondary N) is 2. The summed E-state index contributed by atoms with van der Waals surface area (Å²) in [7, 11) is 0. The minimum Gasteiger partial charge on any atom is -0.374 e. The topological polar surface area (TPSA) is 58.2 Å². The Kier molecular flexibility index (Phi) is 7.43. The molecule has 4 nitrogen and oxygen atoms in total. The van der Waals surface area contributed by atoms with Crippen LogP contribution < -0.4 is 10.6 Å². The molecule has 0 heterocycles. The van der Waals surface area contributed by atoms with Gasteiger partial charge >= 0.3 is 0 Å². The second-order valence-corrected chi connectivity index (χ2v) is 3.57. The van der Waals surface area contributed by atoms with E-state index in [1.54, 1.807) is 19.1 Å². The molecule has 0 fully saturated rings. The molecule has 0 aromatic carbocycles. The number of amides is 2. The van der Waals surface area contributed by atoms with Crippen LogP contribution in [0.1, 0.15) is 27.2 Å². The lowest BCUT2D eigenvalue weighted by atomic mass is 10.2. The van der Waals surface area contributed by atoms with Crippen LogP contribution in [0.5, 0.6) is 0 Å². The van der Waals surface area contributed by atoms with Crippen LogP contribution in [0.4, 0.5) is 0 Å². The third-order valence-corrected chi connectivity index (χ3v) is 1.91. The van der Waals surface area contributed by atoms with Crippen LogP contribution in [0.2, 0.25) is 0 Å². The highest BCUT2D eigenvalue weighted by atomic mass is 16.2. The van der Waals surface area contributed by atoms with E-state index in [1.165, 1.54) is 6.92 Å². The number of rotatable bonds is 6. The van der Waals surface area contributed by atoms with E-state index in [4.69, 9.17) is 0 Å². The van der Waals surface area contributed by atoms with Gasteiger partial charge in [-0.3, -0.25) is 14.9 Å². The van der Waals surface area contributed by atoms with Crippen molar-refractivity contribution in [1.29, 1.82) is 0 Å². The Morgan fingerprint density at radius 2 is 2.06 bits per heavy atom. The molecular weight excluding hydrogens is 216 g/mol. The standard InChI is InChI=1S/C13H20N2O2/c1-5-7-9-12(8-6-2)14-10(3)13(17)15-11(4)16/h5,7-10,14H,1,6H2,2-4H3,(H,15,16,17)/b9-7-,12-8+. The zero-order valence-corrected chi connectivity index (χ0v) is 10.6. The fraction of sp³-hybridized carbons (Fsp3) is 0.385. The van der Waals surface area contributed by atoms with Crippen molar-refractivity contribution in [3.8, 4) is 0 Å². The van der Waals surface area contributed by atoms with Crippen molar-refractivity contribution in [1.82, 2.24) is 10.6 Å². The summed E-state index contributed by atoms with van der Waals surface area (Å²) in [5.41, 5.74) is 0.832. The molecule has 0 aliphatic heterocycles. The molecule has 1 atom stereocenters. The fourth-order valence-corrected chi connectivity index (χ4v) is 1.16. The predicted molar refractivity (Wildman–Crippen MR) is 69.1 cm³/mol. The molecule has 0 aliphatic rings. The predicted octanol–water partition coefficient (Wildman–Crippen LogP) is 1.66. The summed E-state index contributed by atoms with van der Waals surface area (Å²) in [6, 6.07) is -0.467. The molecule has 0 radical (unpaired) electrons. The summed E-state index contributed by atoms with van der Waals surface area (Å²) in [6.45, 7) is 8.59. The van der Waals surface area contributed by atoms with E-state index < -0.39 is 6.04 Å². The first-order valence-electron chi connectivity index (χ1n) is 5.58. The van der Waals surface area contributed by atoms with Crippen molar-refractivity contribution >= 4 is 11.8 Å². The summed E-state index contributed by atoms with van der Waals surface area (Å²) in [4.78, 5) is 22.2. The lowest BCUT2D eigenvalue weighted by Crippen LogP contribution is -2.43. The van der Waals surface area contributed by atoms with Gasteiger partial charge in [0.15, 0.2) is 0 Å². The molecule has 0 aromatic rings. The molecule has 0 saturated carbocycles. The first-order valence-corrected chi connectivity index (χ1v) is 5.58. The number of carbonyl (C=O) groups excluding carboxylic acids is 2. The van der Waals surface area contributed by atoms with E-state index >= 15 is 0 Å². The lowest BCUT2D eigenvalue weighted by molar-refractivity contribution is -0.130. The zero-order chi connectivity index (χ0) is 13.3. The Morgan fingerprint density at radius 1 is 1.41 bits per heavy atom. The van der Waals surface area contributed by atoms with Gasteiger partial charge in [0, 0.05) is 12.6 Å². The summed E-state index contributed by atoms with van der Waals surface area (Å²) >= 11 is 0. The number of hydrogen-bond acceptors (Lipinski definition) is 3. The molecule has 0 rings (SSSR count). The molecule has 94 valence electrons. The van der Waals surface area contributed by atoms with Crippen molar-refractivity contribution in [2.24, 2.45) is 0 Å². The van der Waals surface area contributed by atoms with Gasteiger partial charge in [-0.2, -0.15) is 0 Å². The SMILES string of the molecule is C=C/C=C\C(=C/CC)NC(C)C(=O)NC(C)=O. The second kappa shape index (κ2) is 8.33. The smallest absolute Gasteiger partial charge is 0.248 e. The molecule has 2 amide bonds. The minimum absolute atomic E-state index is 0.341. The van der Waals surface area contributed by atoms with Crippen LogP contribution in [0, 0.1) is 0 Å². The van der Waals surface area contributed by atoms with Crippen molar-refractivity contribution in [2.75, 3.05) is 0 Å². The van der Waals surface area contributed by atoms with E-state index in [2.05, 4.69) is 17.2 Å². The first-order chi connectivity index (χ1) is 8.01. The molecule has 17 heavy (non-hydrogen) atoms. The Bertz CT molecular complexity index is 343. The van der Waals surface area contributed by atoms with Crippen molar-refractivity contribution in [3.63, 3.8) is 0 Å². The first kappa shape index (κ1) is 15.2. The Labute approximate surface area is 102 Å². The van der Waals surface area contributed by atoms with Gasteiger partial charge < -0.3 is 5.32 Å². The molecule has 0 saturated heterocycles. The summed E-state index contributed by atoms with van der Waals surface area (Å²) in [6.07, 6.45) is 8.08. The Hall–Kier alpha value is -1.84. The third kappa shape index (κ3) is 7.11. The average Bonchev–Trinajstić information content (AvgIpc) is 2.25. The number of imide groups is 1. The van der Waals surface area contributed by atoms with E-state index in [-0.39, 0.29) is 11.8 Å². The molecule has 0 spiro atoms. The number of allylic oxidation sites excluding steroid dienone is 4. The molecule has 0 bridgehead atoms. The van der Waals surface area contributed by atoms with Crippen LogP contribution in [0.15, 0.2) is 36.6 Å². The zero-order valence-electron chi connectivity index (χ0n) is 10.6. The normalized spacial score (nSPS) is 13.2. The van der Waals surface area contributed by atoms with Crippen LogP contribution in [0.25, 0.3) is 0 Å². The van der Waals surface area contributed by atoms with Crippen LogP contribution in [-0.2, 0) is 9.59 Å². The third-order valence-electron chi connectivity index (χ3n) is 1.91. The van der Waals surface area contributed by atoms with Gasteiger partial charge in [-0.05, 0) is 19.4 Å². The van der Waals surface area contributed by atoms with E-state index in [1.807, 2.05) is 19.1 Å². The quantitative estimate of drug-likeness (QED) is 0.690. The van der Waals surface area contributed by atoms with Crippen molar-refractivity contribution < 1.29 is 9.59 Å². The average molecular weight is 236 g/mol. The summed E-state index contributed by atoms with van der Waals surface area (Å²) in [5.74, 6) is -0.696. The van der Waals surface area contributed by atoms with Crippen molar-refractivity contribution in [3.05, 3.63) is 36.6 Å². The van der Waals surface area contributed by atoms with Gasteiger partial charge in [0.25, 0.3) is 0 Å². The molecule has 0 aromatic heterocycles. The highest BCUT2D eigenvalue weighted by Gasteiger charge is 2.13. The maximum absolute atomic E-state index is 11.5. The molecule has 4 heteroatoms.